The summed E-state index contributed by atoms with van der Waals surface area (Å²) in [5.41, 5.74) is 2.45. The minimum absolute atomic E-state index is 0.582. The van der Waals surface area contributed by atoms with Gasteiger partial charge >= 0.3 is 0 Å². The molecule has 0 bridgehead atoms. The first-order chi connectivity index (χ1) is 13.2. The van der Waals surface area contributed by atoms with E-state index in [4.69, 9.17) is 9.73 Å². The van der Waals surface area contributed by atoms with Gasteiger partial charge < -0.3 is 15.4 Å². The average molecular weight is 372 g/mol. The summed E-state index contributed by atoms with van der Waals surface area (Å²) in [5, 5.41) is 11.0. The predicted octanol–water partition coefficient (Wildman–Crippen LogP) is 3.05. The quantitative estimate of drug-likeness (QED) is 0.362. The number of hydrogen-bond donors (Lipinski definition) is 2. The van der Waals surface area contributed by atoms with Crippen molar-refractivity contribution in [3.63, 3.8) is 0 Å². The zero-order chi connectivity index (χ0) is 19.3. The number of aliphatic imine (C=N–C) groups is 1. The van der Waals surface area contributed by atoms with Crippen LogP contribution >= 0.6 is 0 Å². The molecule has 0 fully saturated rings. The molecule has 6 nitrogen and oxygen atoms in total. The van der Waals surface area contributed by atoms with Gasteiger partial charge in [0.1, 0.15) is 0 Å². The standard InChI is InChI=1S/C21H33N5O/c1-4-22-21(23-11-8-14-27-17-18(2)3)24-15-19-9-5-6-10-20(19)16-26-13-7-12-25-26/h5-7,9-10,12-13,18H,4,8,11,14-17H2,1-3H3,(H2,22,23,24). The van der Waals surface area contributed by atoms with Crippen molar-refractivity contribution in [3.05, 3.63) is 53.9 Å². The van der Waals surface area contributed by atoms with Crippen LogP contribution in [0, 0.1) is 5.92 Å². The van der Waals surface area contributed by atoms with E-state index in [-0.39, 0.29) is 0 Å². The Balaban J connectivity index is 1.86. The summed E-state index contributed by atoms with van der Waals surface area (Å²) in [6, 6.07) is 10.3. The molecule has 2 rings (SSSR count). The molecule has 0 saturated carbocycles. The fourth-order valence-corrected chi connectivity index (χ4v) is 2.64. The minimum atomic E-state index is 0.582. The van der Waals surface area contributed by atoms with Gasteiger partial charge in [-0.3, -0.25) is 4.68 Å². The molecule has 1 aromatic carbocycles. The minimum Gasteiger partial charge on any atom is -0.381 e. The van der Waals surface area contributed by atoms with Gasteiger partial charge in [-0.25, -0.2) is 4.99 Å². The molecule has 6 heteroatoms. The van der Waals surface area contributed by atoms with Gasteiger partial charge in [0.05, 0.1) is 13.1 Å². The molecule has 0 radical (unpaired) electrons. The van der Waals surface area contributed by atoms with E-state index in [1.807, 2.05) is 16.9 Å². The van der Waals surface area contributed by atoms with Crippen molar-refractivity contribution >= 4 is 5.96 Å². The maximum atomic E-state index is 5.62. The Labute approximate surface area is 163 Å². The van der Waals surface area contributed by atoms with Gasteiger partial charge in [0.15, 0.2) is 5.96 Å². The summed E-state index contributed by atoms with van der Waals surface area (Å²) < 4.78 is 7.56. The van der Waals surface area contributed by atoms with Gasteiger partial charge in [-0.2, -0.15) is 5.10 Å². The first-order valence-corrected chi connectivity index (χ1v) is 9.83. The number of rotatable bonds is 11. The summed E-state index contributed by atoms with van der Waals surface area (Å²) in [4.78, 5) is 4.74. The van der Waals surface area contributed by atoms with E-state index in [0.29, 0.717) is 12.5 Å². The second-order valence-electron chi connectivity index (χ2n) is 6.92. The van der Waals surface area contributed by atoms with Crippen LogP contribution in [0.1, 0.15) is 38.3 Å². The molecule has 0 atom stereocenters. The Bertz CT molecular complexity index is 667. The highest BCUT2D eigenvalue weighted by atomic mass is 16.5. The SMILES string of the molecule is CCNC(=NCc1ccccc1Cn1cccn1)NCCCOCC(C)C. The maximum Gasteiger partial charge on any atom is 0.191 e. The third-order valence-electron chi connectivity index (χ3n) is 3.97. The van der Waals surface area contributed by atoms with Crippen molar-refractivity contribution in [3.8, 4) is 0 Å². The van der Waals surface area contributed by atoms with Crippen LogP contribution in [0.15, 0.2) is 47.7 Å². The van der Waals surface area contributed by atoms with E-state index >= 15 is 0 Å². The zero-order valence-electron chi connectivity index (χ0n) is 16.8. The van der Waals surface area contributed by atoms with Crippen molar-refractivity contribution in [1.82, 2.24) is 20.4 Å². The third-order valence-corrected chi connectivity index (χ3v) is 3.97. The number of aromatic nitrogens is 2. The summed E-state index contributed by atoms with van der Waals surface area (Å²) in [6.07, 6.45) is 4.75. The number of ether oxygens (including phenoxy) is 1. The van der Waals surface area contributed by atoms with Crippen molar-refractivity contribution in [2.24, 2.45) is 10.9 Å². The highest BCUT2D eigenvalue weighted by Gasteiger charge is 2.04. The second kappa shape index (κ2) is 12.1. The fourth-order valence-electron chi connectivity index (χ4n) is 2.64. The van der Waals surface area contributed by atoms with Gasteiger partial charge in [-0.1, -0.05) is 38.1 Å². The van der Waals surface area contributed by atoms with Crippen molar-refractivity contribution in [2.75, 3.05) is 26.3 Å². The van der Waals surface area contributed by atoms with Gasteiger partial charge in [0.2, 0.25) is 0 Å². The first kappa shape index (κ1) is 21.0. The molecule has 0 aliphatic heterocycles. The summed E-state index contributed by atoms with van der Waals surface area (Å²) >= 11 is 0. The molecule has 2 N–H and O–H groups in total. The molecule has 148 valence electrons. The predicted molar refractivity (Wildman–Crippen MR) is 111 cm³/mol. The lowest BCUT2D eigenvalue weighted by Crippen LogP contribution is -2.38. The number of nitrogens with zero attached hydrogens (tertiary/aromatic N) is 3. The number of hydrogen-bond acceptors (Lipinski definition) is 3. The molecule has 1 aromatic heterocycles. The monoisotopic (exact) mass is 371 g/mol. The average Bonchev–Trinajstić information content (AvgIpc) is 3.16. The molecule has 1 heterocycles. The van der Waals surface area contributed by atoms with E-state index in [1.165, 1.54) is 11.1 Å². The first-order valence-electron chi connectivity index (χ1n) is 9.83. The number of guanidine groups is 1. The van der Waals surface area contributed by atoms with E-state index in [0.717, 1.165) is 45.2 Å². The molecule has 0 spiro atoms. The maximum absolute atomic E-state index is 5.62. The zero-order valence-corrected chi connectivity index (χ0v) is 16.8. The Hall–Kier alpha value is -2.34. The largest absolute Gasteiger partial charge is 0.381 e. The van der Waals surface area contributed by atoms with Crippen LogP contribution in [0.2, 0.25) is 0 Å². The normalized spacial score (nSPS) is 11.8. The van der Waals surface area contributed by atoms with Gasteiger partial charge in [0.25, 0.3) is 0 Å². The van der Waals surface area contributed by atoms with E-state index in [9.17, 15) is 0 Å². The van der Waals surface area contributed by atoms with E-state index in [1.54, 1.807) is 6.20 Å². The highest BCUT2D eigenvalue weighted by molar-refractivity contribution is 5.79. The lowest BCUT2D eigenvalue weighted by molar-refractivity contribution is 0.108. The van der Waals surface area contributed by atoms with Crippen LogP contribution in [0.25, 0.3) is 0 Å². The molecule has 0 saturated heterocycles. The molecule has 2 aromatic rings. The molecular weight excluding hydrogens is 338 g/mol. The molecule has 0 amide bonds. The number of benzene rings is 1. The molecule has 27 heavy (non-hydrogen) atoms. The number of nitrogens with one attached hydrogen (secondary N) is 2. The smallest absolute Gasteiger partial charge is 0.191 e. The van der Waals surface area contributed by atoms with Gasteiger partial charge in [0, 0.05) is 38.7 Å². The fraction of sp³-hybridized carbons (Fsp3) is 0.524. The van der Waals surface area contributed by atoms with E-state index < -0.39 is 0 Å². The van der Waals surface area contributed by atoms with Crippen molar-refractivity contribution in [1.29, 1.82) is 0 Å². The van der Waals surface area contributed by atoms with Crippen molar-refractivity contribution in [2.45, 2.75) is 40.3 Å². The topological polar surface area (TPSA) is 63.5 Å². The summed E-state index contributed by atoms with van der Waals surface area (Å²) in [5.74, 6) is 1.42. The van der Waals surface area contributed by atoms with Crippen LogP contribution < -0.4 is 10.6 Å². The summed E-state index contributed by atoms with van der Waals surface area (Å²) in [7, 11) is 0. The lowest BCUT2D eigenvalue weighted by Gasteiger charge is -2.13. The Kier molecular flexibility index (Phi) is 9.41. The third kappa shape index (κ3) is 8.26. The van der Waals surface area contributed by atoms with Gasteiger partial charge in [-0.05, 0) is 36.5 Å². The lowest BCUT2D eigenvalue weighted by atomic mass is 10.1. The molecule has 0 aliphatic rings. The van der Waals surface area contributed by atoms with Crippen LogP contribution in [-0.4, -0.2) is 42.0 Å². The van der Waals surface area contributed by atoms with Crippen LogP contribution in [-0.2, 0) is 17.8 Å². The Morgan fingerprint density at radius 1 is 1.19 bits per heavy atom. The molecule has 0 unspecified atom stereocenters. The molecular formula is C21H33N5O. The van der Waals surface area contributed by atoms with E-state index in [2.05, 4.69) is 60.8 Å². The van der Waals surface area contributed by atoms with Crippen LogP contribution in [0.5, 0.6) is 0 Å². The van der Waals surface area contributed by atoms with Crippen LogP contribution in [0.4, 0.5) is 0 Å². The highest BCUT2D eigenvalue weighted by Crippen LogP contribution is 2.11. The Morgan fingerprint density at radius 2 is 2.00 bits per heavy atom. The Morgan fingerprint density at radius 3 is 2.70 bits per heavy atom. The van der Waals surface area contributed by atoms with Crippen molar-refractivity contribution < 1.29 is 4.74 Å². The summed E-state index contributed by atoms with van der Waals surface area (Å²) in [6.45, 7) is 11.1. The second-order valence-corrected chi connectivity index (χ2v) is 6.92. The van der Waals surface area contributed by atoms with Gasteiger partial charge in [-0.15, -0.1) is 0 Å². The molecule has 0 aliphatic carbocycles. The van der Waals surface area contributed by atoms with Crippen LogP contribution in [0.3, 0.4) is 0 Å².